The maximum Gasteiger partial charge on any atom is 0.331 e. The van der Waals surface area contributed by atoms with Crippen molar-refractivity contribution in [1.29, 1.82) is 0 Å². The van der Waals surface area contributed by atoms with Crippen molar-refractivity contribution >= 4 is 44.8 Å². The van der Waals surface area contributed by atoms with Gasteiger partial charge in [-0.15, -0.1) is 0 Å². The summed E-state index contributed by atoms with van der Waals surface area (Å²) in [5.41, 5.74) is 2.52. The summed E-state index contributed by atoms with van der Waals surface area (Å²) in [6.45, 7) is -0.324. The molecule has 3 aromatic rings. The number of ketones is 1. The van der Waals surface area contributed by atoms with Gasteiger partial charge in [-0.05, 0) is 24.3 Å². The number of Topliss-reactive ketones (excluding diaryl/α,β-unsaturated/α-hetero) is 1. The van der Waals surface area contributed by atoms with Gasteiger partial charge in [0.05, 0.1) is 22.9 Å². The van der Waals surface area contributed by atoms with Gasteiger partial charge in [0, 0.05) is 16.1 Å². The fraction of sp³-hybridized carbons (Fsp3) is 0.0526. The Bertz CT molecular complexity index is 970. The zero-order valence-electron chi connectivity index (χ0n) is 13.1. The summed E-state index contributed by atoms with van der Waals surface area (Å²) >= 11 is 3.29. The van der Waals surface area contributed by atoms with E-state index in [1.54, 1.807) is 30.5 Å². The van der Waals surface area contributed by atoms with E-state index in [0.29, 0.717) is 15.7 Å². The first-order valence-electron chi connectivity index (χ1n) is 7.48. The van der Waals surface area contributed by atoms with E-state index in [9.17, 15) is 9.59 Å². The van der Waals surface area contributed by atoms with Crippen LogP contribution in [0.15, 0.2) is 65.3 Å². The van der Waals surface area contributed by atoms with Crippen LogP contribution >= 0.6 is 15.9 Å². The van der Waals surface area contributed by atoms with E-state index in [1.165, 1.54) is 12.2 Å². The lowest BCUT2D eigenvalue weighted by Crippen LogP contribution is -2.13. The molecule has 5 nitrogen and oxygen atoms in total. The van der Waals surface area contributed by atoms with Crippen LogP contribution in [0.5, 0.6) is 0 Å². The molecule has 2 aromatic carbocycles. The summed E-state index contributed by atoms with van der Waals surface area (Å²) in [5, 5.41) is 0. The second kappa shape index (κ2) is 7.81. The molecule has 0 N–H and O–H groups in total. The fourth-order valence-corrected chi connectivity index (χ4v) is 2.66. The molecular formula is C19H13BrN2O3. The quantitative estimate of drug-likeness (QED) is 0.372. The standard InChI is InChI=1S/C19H13BrN2O3/c20-15-6-2-1-5-14(15)18(23)12-25-19(24)10-9-13-11-21-16-7-3-4-8-17(16)22-13/h1-11H,12H2/b10-9+. The lowest BCUT2D eigenvalue weighted by Gasteiger charge is -2.03. The third-order valence-corrected chi connectivity index (χ3v) is 4.07. The molecule has 0 saturated heterocycles. The summed E-state index contributed by atoms with van der Waals surface area (Å²) in [6.07, 6.45) is 4.30. The van der Waals surface area contributed by atoms with Crippen LogP contribution < -0.4 is 0 Å². The van der Waals surface area contributed by atoms with E-state index < -0.39 is 5.97 Å². The SMILES string of the molecule is O=C(/C=C/c1cnc2ccccc2n1)OCC(=O)c1ccccc1Br. The smallest absolute Gasteiger partial charge is 0.331 e. The number of benzene rings is 2. The van der Waals surface area contributed by atoms with Gasteiger partial charge in [-0.25, -0.2) is 9.78 Å². The van der Waals surface area contributed by atoms with Gasteiger partial charge in [0.2, 0.25) is 5.78 Å². The van der Waals surface area contributed by atoms with Gasteiger partial charge in [0.15, 0.2) is 6.61 Å². The average molecular weight is 397 g/mol. The Labute approximate surface area is 152 Å². The summed E-state index contributed by atoms with van der Waals surface area (Å²) in [6, 6.07) is 14.4. The molecular weight excluding hydrogens is 384 g/mol. The number of hydrogen-bond donors (Lipinski definition) is 0. The topological polar surface area (TPSA) is 69.2 Å². The maximum absolute atomic E-state index is 12.0. The number of aromatic nitrogens is 2. The lowest BCUT2D eigenvalue weighted by atomic mass is 10.1. The number of rotatable bonds is 5. The monoisotopic (exact) mass is 396 g/mol. The minimum atomic E-state index is -0.615. The summed E-state index contributed by atoms with van der Waals surface area (Å²) in [4.78, 5) is 32.4. The van der Waals surface area contributed by atoms with Crippen molar-refractivity contribution < 1.29 is 14.3 Å². The Morgan fingerprint density at radius 1 is 1.04 bits per heavy atom. The highest BCUT2D eigenvalue weighted by Crippen LogP contribution is 2.16. The largest absolute Gasteiger partial charge is 0.454 e. The van der Waals surface area contributed by atoms with Gasteiger partial charge in [0.1, 0.15) is 0 Å². The van der Waals surface area contributed by atoms with Gasteiger partial charge >= 0.3 is 5.97 Å². The number of carbonyl (C=O) groups is 2. The first kappa shape index (κ1) is 17.0. The maximum atomic E-state index is 12.0. The number of hydrogen-bond acceptors (Lipinski definition) is 5. The van der Waals surface area contributed by atoms with Gasteiger partial charge < -0.3 is 4.74 Å². The molecule has 0 aliphatic carbocycles. The Morgan fingerprint density at radius 2 is 1.76 bits per heavy atom. The van der Waals surface area contributed by atoms with Crippen molar-refractivity contribution in [2.24, 2.45) is 0 Å². The zero-order chi connectivity index (χ0) is 17.6. The highest BCUT2D eigenvalue weighted by molar-refractivity contribution is 9.10. The van der Waals surface area contributed by atoms with Gasteiger partial charge in [0.25, 0.3) is 0 Å². The van der Waals surface area contributed by atoms with Crippen LogP contribution in [0.25, 0.3) is 17.1 Å². The molecule has 3 rings (SSSR count). The molecule has 0 atom stereocenters. The number of carbonyl (C=O) groups excluding carboxylic acids is 2. The lowest BCUT2D eigenvalue weighted by molar-refractivity contribution is -0.136. The molecule has 1 heterocycles. The number of halogens is 1. The average Bonchev–Trinajstić information content (AvgIpc) is 2.64. The highest BCUT2D eigenvalue weighted by Gasteiger charge is 2.11. The third kappa shape index (κ3) is 4.36. The van der Waals surface area contributed by atoms with Crippen LogP contribution in [0.2, 0.25) is 0 Å². The molecule has 0 aliphatic rings. The first-order chi connectivity index (χ1) is 12.1. The second-order valence-corrected chi connectivity index (χ2v) is 5.98. The van der Waals surface area contributed by atoms with Crippen LogP contribution in [0.3, 0.4) is 0 Å². The van der Waals surface area contributed by atoms with E-state index in [0.717, 1.165) is 11.0 Å². The number of para-hydroxylation sites is 2. The number of ether oxygens (including phenoxy) is 1. The van der Waals surface area contributed by atoms with Crippen molar-refractivity contribution in [3.63, 3.8) is 0 Å². The van der Waals surface area contributed by atoms with Gasteiger partial charge in [-0.1, -0.05) is 46.3 Å². The van der Waals surface area contributed by atoms with E-state index in [1.807, 2.05) is 24.3 Å². The van der Waals surface area contributed by atoms with Crippen LogP contribution in [0.1, 0.15) is 16.1 Å². The van der Waals surface area contributed by atoms with Crippen LogP contribution in [-0.4, -0.2) is 28.3 Å². The molecule has 6 heteroatoms. The molecule has 0 fully saturated rings. The third-order valence-electron chi connectivity index (χ3n) is 3.38. The molecule has 0 aliphatic heterocycles. The second-order valence-electron chi connectivity index (χ2n) is 5.13. The van der Waals surface area contributed by atoms with Gasteiger partial charge in [-0.2, -0.15) is 0 Å². The molecule has 0 spiro atoms. The number of nitrogens with zero attached hydrogens (tertiary/aromatic N) is 2. The summed E-state index contributed by atoms with van der Waals surface area (Å²) in [7, 11) is 0. The van der Waals surface area contributed by atoms with Crippen LogP contribution in [-0.2, 0) is 9.53 Å². The van der Waals surface area contributed by atoms with Crippen LogP contribution in [0, 0.1) is 0 Å². The predicted molar refractivity (Wildman–Crippen MR) is 98.0 cm³/mol. The minimum Gasteiger partial charge on any atom is -0.454 e. The van der Waals surface area contributed by atoms with E-state index in [-0.39, 0.29) is 12.4 Å². The molecule has 0 radical (unpaired) electrons. The molecule has 0 bridgehead atoms. The highest BCUT2D eigenvalue weighted by atomic mass is 79.9. The Morgan fingerprint density at radius 3 is 2.56 bits per heavy atom. The van der Waals surface area contributed by atoms with E-state index in [4.69, 9.17) is 4.74 Å². The Balaban J connectivity index is 1.60. The Hall–Kier alpha value is -2.86. The molecule has 0 unspecified atom stereocenters. The van der Waals surface area contributed by atoms with Crippen molar-refractivity contribution in [3.05, 3.63) is 76.5 Å². The minimum absolute atomic E-state index is 0.278. The van der Waals surface area contributed by atoms with Crippen molar-refractivity contribution in [1.82, 2.24) is 9.97 Å². The first-order valence-corrected chi connectivity index (χ1v) is 8.27. The molecule has 124 valence electrons. The molecule has 0 amide bonds. The van der Waals surface area contributed by atoms with Gasteiger partial charge in [-0.3, -0.25) is 9.78 Å². The fourth-order valence-electron chi connectivity index (χ4n) is 2.16. The van der Waals surface area contributed by atoms with Crippen molar-refractivity contribution in [2.75, 3.05) is 6.61 Å². The summed E-state index contributed by atoms with van der Waals surface area (Å²) in [5.74, 6) is -0.893. The predicted octanol–water partition coefficient (Wildman–Crippen LogP) is 3.83. The summed E-state index contributed by atoms with van der Waals surface area (Å²) < 4.78 is 5.64. The number of fused-ring (bicyclic) bond motifs is 1. The molecule has 1 aromatic heterocycles. The van der Waals surface area contributed by atoms with E-state index in [2.05, 4.69) is 25.9 Å². The number of esters is 1. The van der Waals surface area contributed by atoms with E-state index >= 15 is 0 Å². The van der Waals surface area contributed by atoms with Crippen molar-refractivity contribution in [3.8, 4) is 0 Å². The molecule has 0 saturated carbocycles. The zero-order valence-corrected chi connectivity index (χ0v) is 14.6. The molecule has 25 heavy (non-hydrogen) atoms. The van der Waals surface area contributed by atoms with Crippen LogP contribution in [0.4, 0.5) is 0 Å². The normalized spacial score (nSPS) is 10.9. The van der Waals surface area contributed by atoms with Crippen molar-refractivity contribution in [2.45, 2.75) is 0 Å². The Kier molecular flexibility index (Phi) is 5.30.